The van der Waals surface area contributed by atoms with Crippen LogP contribution in [0.15, 0.2) is 48.5 Å². The fraction of sp³-hybridized carbons (Fsp3) is 0.500. The third kappa shape index (κ3) is 12.8. The van der Waals surface area contributed by atoms with Gasteiger partial charge in [-0.25, -0.2) is 4.39 Å². The maximum Gasteiger partial charge on any atom is 0.268 e. The summed E-state index contributed by atoms with van der Waals surface area (Å²) in [5.41, 5.74) is 1.78. The third-order valence-corrected chi connectivity index (χ3v) is 8.22. The number of hydrogen-bond acceptors (Lipinski definition) is 9. The number of rotatable bonds is 19. The van der Waals surface area contributed by atoms with Crippen molar-refractivity contribution in [3.05, 3.63) is 70.6 Å². The molecule has 0 aliphatic carbocycles. The third-order valence-electron chi connectivity index (χ3n) is 7.39. The van der Waals surface area contributed by atoms with E-state index in [0.29, 0.717) is 76.3 Å². The van der Waals surface area contributed by atoms with E-state index in [1.54, 1.807) is 41.3 Å². The summed E-state index contributed by atoms with van der Waals surface area (Å²) in [5.74, 6) is -1.01. The van der Waals surface area contributed by atoms with Gasteiger partial charge in [0, 0.05) is 35.4 Å². The van der Waals surface area contributed by atoms with E-state index >= 15 is 0 Å². The summed E-state index contributed by atoms with van der Waals surface area (Å²) in [6.07, 6.45) is 2.46. The van der Waals surface area contributed by atoms with Gasteiger partial charge in [0.15, 0.2) is 0 Å². The molecule has 0 unspecified atom stereocenters. The van der Waals surface area contributed by atoms with Crippen LogP contribution in [0.3, 0.4) is 0 Å². The average molecular weight is 698 g/mol. The largest absolute Gasteiger partial charge is 0.377 e. The summed E-state index contributed by atoms with van der Waals surface area (Å²) >= 11 is 6.09. The summed E-state index contributed by atoms with van der Waals surface area (Å²) in [7, 11) is -3.46. The highest BCUT2D eigenvalue weighted by Gasteiger charge is 2.30. The van der Waals surface area contributed by atoms with Crippen LogP contribution in [0.25, 0.3) is 10.9 Å². The van der Waals surface area contributed by atoms with Crippen LogP contribution in [0.5, 0.6) is 0 Å². The molecule has 0 bridgehead atoms. The van der Waals surface area contributed by atoms with Crippen molar-refractivity contribution in [1.29, 1.82) is 0 Å². The zero-order chi connectivity index (χ0) is 33.6. The Kier molecular flexibility index (Phi) is 14.4. The molecule has 12 nitrogen and oxygen atoms in total. The smallest absolute Gasteiger partial charge is 0.268 e. The van der Waals surface area contributed by atoms with Crippen LogP contribution in [0.2, 0.25) is 5.02 Å². The van der Waals surface area contributed by atoms with Gasteiger partial charge in [-0.05, 0) is 54.8 Å². The van der Waals surface area contributed by atoms with Crippen molar-refractivity contribution in [2.24, 2.45) is 0 Å². The van der Waals surface area contributed by atoms with Crippen LogP contribution >= 0.6 is 11.6 Å². The quantitative estimate of drug-likeness (QED) is 0.142. The van der Waals surface area contributed by atoms with Gasteiger partial charge in [-0.15, -0.1) is 0 Å². The second-order valence-electron chi connectivity index (χ2n) is 11.0. The van der Waals surface area contributed by atoms with Crippen molar-refractivity contribution in [1.82, 2.24) is 15.2 Å². The Hall–Kier alpha value is -3.11. The number of nitrogens with one attached hydrogen (secondary N) is 2. The maximum atomic E-state index is 13.7. The van der Waals surface area contributed by atoms with Gasteiger partial charge in [0.1, 0.15) is 17.6 Å². The van der Waals surface area contributed by atoms with Crippen LogP contribution in [-0.4, -0.2) is 114 Å². The molecule has 1 aliphatic heterocycles. The number of hydrogen-bond donors (Lipinski definition) is 2. The summed E-state index contributed by atoms with van der Waals surface area (Å²) in [6, 6.07) is 12.0. The first kappa shape index (κ1) is 36.7. The molecule has 1 saturated heterocycles. The van der Waals surface area contributed by atoms with Gasteiger partial charge < -0.3 is 34.1 Å². The van der Waals surface area contributed by atoms with Gasteiger partial charge in [-0.3, -0.25) is 13.8 Å². The fourth-order valence-electron chi connectivity index (χ4n) is 5.04. The van der Waals surface area contributed by atoms with Gasteiger partial charge in [0.05, 0.1) is 65.2 Å². The molecule has 2 aromatic carbocycles. The van der Waals surface area contributed by atoms with Crippen molar-refractivity contribution >= 4 is 44.4 Å². The molecule has 1 aliphatic rings. The second-order valence-corrected chi connectivity index (χ2v) is 13.1. The molecule has 2 heterocycles. The Morgan fingerprint density at radius 2 is 1.55 bits per heavy atom. The summed E-state index contributed by atoms with van der Waals surface area (Å²) < 4.78 is 61.9. The SMILES string of the molecule is CS(=O)(=O)OCCOCCOCCOCCOC1CCN(C(=O)[C@H](Cc2ccc(F)cc2)NC(=O)c2cc3cc(Cl)ccc3[nH]2)CC1. The Balaban J connectivity index is 1.16. The number of likely N-dealkylation sites (tertiary alicyclic amines) is 1. The number of H-pyrrole nitrogens is 1. The zero-order valence-electron chi connectivity index (χ0n) is 26.3. The van der Waals surface area contributed by atoms with Gasteiger partial charge in [0.25, 0.3) is 16.0 Å². The Bertz CT molecular complexity index is 1550. The minimum absolute atomic E-state index is 0.0222. The van der Waals surface area contributed by atoms with Gasteiger partial charge >= 0.3 is 0 Å². The second kappa shape index (κ2) is 18.4. The van der Waals surface area contributed by atoms with Gasteiger partial charge in [0.2, 0.25) is 5.91 Å². The summed E-state index contributed by atoms with van der Waals surface area (Å²) in [6.45, 7) is 3.31. The van der Waals surface area contributed by atoms with E-state index in [0.717, 1.165) is 22.7 Å². The number of benzene rings is 2. The van der Waals surface area contributed by atoms with E-state index in [4.69, 9.17) is 30.5 Å². The van der Waals surface area contributed by atoms with Crippen molar-refractivity contribution in [2.45, 2.75) is 31.4 Å². The number of fused-ring (bicyclic) bond motifs is 1. The highest BCUT2D eigenvalue weighted by molar-refractivity contribution is 7.85. The number of ether oxygens (including phenoxy) is 4. The van der Waals surface area contributed by atoms with Crippen LogP contribution in [0.1, 0.15) is 28.9 Å². The molecule has 47 heavy (non-hydrogen) atoms. The topological polar surface area (TPSA) is 145 Å². The lowest BCUT2D eigenvalue weighted by Crippen LogP contribution is -2.52. The number of nitrogens with zero attached hydrogens (tertiary/aromatic N) is 1. The number of carbonyl (C=O) groups excluding carboxylic acids is 2. The lowest BCUT2D eigenvalue weighted by atomic mass is 10.0. The monoisotopic (exact) mass is 697 g/mol. The Morgan fingerprint density at radius 3 is 2.19 bits per heavy atom. The lowest BCUT2D eigenvalue weighted by Gasteiger charge is -2.34. The molecule has 3 aromatic rings. The van der Waals surface area contributed by atoms with Crippen molar-refractivity contribution in [3.8, 4) is 0 Å². The Morgan fingerprint density at radius 1 is 0.936 bits per heavy atom. The first-order valence-electron chi connectivity index (χ1n) is 15.4. The number of carbonyl (C=O) groups is 2. The molecule has 1 atom stereocenters. The number of aromatic amines is 1. The number of halogens is 2. The first-order valence-corrected chi connectivity index (χ1v) is 17.6. The van der Waals surface area contributed by atoms with E-state index in [-0.39, 0.29) is 37.5 Å². The van der Waals surface area contributed by atoms with Gasteiger partial charge in [-0.1, -0.05) is 23.7 Å². The van der Waals surface area contributed by atoms with E-state index in [2.05, 4.69) is 14.5 Å². The predicted molar refractivity (Wildman–Crippen MR) is 173 cm³/mol. The standard InChI is InChI=1S/C32H41ClFN3O9S/c1-47(40,41)46-19-17-44-15-13-42-12-14-43-16-18-45-27-8-10-37(11-9-27)32(39)30(20-23-2-5-26(34)6-3-23)36-31(38)29-22-24-21-25(33)4-7-28(24)35-29/h2-7,21-22,27,30,35H,8-20H2,1H3,(H,36,38)/t30-/m0/s1. The molecule has 2 amide bonds. The first-order chi connectivity index (χ1) is 22.6. The van der Waals surface area contributed by atoms with Crippen molar-refractivity contribution in [3.63, 3.8) is 0 Å². The molecule has 0 radical (unpaired) electrons. The number of amides is 2. The minimum Gasteiger partial charge on any atom is -0.377 e. The molecule has 4 rings (SSSR count). The molecule has 1 fully saturated rings. The predicted octanol–water partition coefficient (Wildman–Crippen LogP) is 3.34. The van der Waals surface area contributed by atoms with Crippen LogP contribution in [0.4, 0.5) is 4.39 Å². The number of piperidine rings is 1. The maximum absolute atomic E-state index is 13.7. The summed E-state index contributed by atoms with van der Waals surface area (Å²) in [5, 5.41) is 4.22. The normalized spacial score (nSPS) is 14.8. The van der Waals surface area contributed by atoms with Crippen LogP contribution < -0.4 is 5.32 Å². The number of aromatic nitrogens is 1. The molecule has 1 aromatic heterocycles. The molecule has 258 valence electrons. The molecular formula is C32H41ClFN3O9S. The average Bonchev–Trinajstić information content (AvgIpc) is 3.47. The minimum atomic E-state index is -3.46. The molecule has 15 heteroatoms. The van der Waals surface area contributed by atoms with Crippen LogP contribution in [-0.2, 0) is 44.5 Å². The highest BCUT2D eigenvalue weighted by atomic mass is 35.5. The van der Waals surface area contributed by atoms with E-state index in [9.17, 15) is 22.4 Å². The van der Waals surface area contributed by atoms with Crippen molar-refractivity contribution in [2.75, 3.05) is 72.2 Å². The van der Waals surface area contributed by atoms with E-state index in [1.807, 2.05) is 0 Å². The molecule has 0 spiro atoms. The molecule has 0 saturated carbocycles. The zero-order valence-corrected chi connectivity index (χ0v) is 27.8. The molecular weight excluding hydrogens is 657 g/mol. The van der Waals surface area contributed by atoms with Gasteiger partial charge in [-0.2, -0.15) is 8.42 Å². The summed E-state index contributed by atoms with van der Waals surface area (Å²) in [4.78, 5) is 31.7. The lowest BCUT2D eigenvalue weighted by molar-refractivity contribution is -0.136. The Labute approximate surface area is 278 Å². The van der Waals surface area contributed by atoms with Crippen molar-refractivity contribution < 1.29 is 45.5 Å². The highest BCUT2D eigenvalue weighted by Crippen LogP contribution is 2.21. The van der Waals surface area contributed by atoms with Crippen LogP contribution in [0, 0.1) is 5.82 Å². The molecule has 2 N–H and O–H groups in total. The van der Waals surface area contributed by atoms with E-state index < -0.39 is 22.1 Å². The fourth-order valence-corrected chi connectivity index (χ4v) is 5.59. The van der Waals surface area contributed by atoms with E-state index in [1.165, 1.54) is 12.1 Å².